The highest BCUT2D eigenvalue weighted by molar-refractivity contribution is 5.83. The summed E-state index contributed by atoms with van der Waals surface area (Å²) in [5.74, 6) is 0.0895. The summed E-state index contributed by atoms with van der Waals surface area (Å²) in [5.41, 5.74) is 7.22. The fourth-order valence-electron chi connectivity index (χ4n) is 3.41. The van der Waals surface area contributed by atoms with Crippen molar-refractivity contribution in [3.63, 3.8) is 0 Å². The number of carbonyl (C=O) groups is 1. The fraction of sp³-hybridized carbons (Fsp3) is 0.611. The standard InChI is InChI=1S/C18H28N2O/c1-2-16(15-9-5-3-6-10-15)17(21)20-14-18(13-19)11-7-4-8-12-18/h3,5-6,9-10,16H,2,4,7-8,11-14,19H2,1H3,(H,20,21). The number of benzene rings is 1. The summed E-state index contributed by atoms with van der Waals surface area (Å²) in [6.45, 7) is 3.47. The molecule has 1 unspecified atom stereocenters. The Hall–Kier alpha value is -1.35. The number of hydrogen-bond acceptors (Lipinski definition) is 2. The topological polar surface area (TPSA) is 55.1 Å². The Morgan fingerprint density at radius 3 is 2.48 bits per heavy atom. The van der Waals surface area contributed by atoms with Crippen LogP contribution in [0.3, 0.4) is 0 Å². The van der Waals surface area contributed by atoms with Crippen molar-refractivity contribution >= 4 is 5.91 Å². The van der Waals surface area contributed by atoms with Crippen LogP contribution >= 0.6 is 0 Å². The lowest BCUT2D eigenvalue weighted by Gasteiger charge is -2.36. The Bertz CT molecular complexity index is 438. The molecule has 3 nitrogen and oxygen atoms in total. The van der Waals surface area contributed by atoms with Crippen LogP contribution < -0.4 is 11.1 Å². The molecule has 116 valence electrons. The first-order valence-electron chi connectivity index (χ1n) is 8.23. The highest BCUT2D eigenvalue weighted by Crippen LogP contribution is 2.34. The summed E-state index contributed by atoms with van der Waals surface area (Å²) in [5, 5.41) is 3.17. The quantitative estimate of drug-likeness (QED) is 0.844. The molecule has 0 bridgehead atoms. The van der Waals surface area contributed by atoms with Crippen molar-refractivity contribution in [2.45, 2.75) is 51.4 Å². The van der Waals surface area contributed by atoms with E-state index in [9.17, 15) is 4.79 Å². The second-order valence-corrected chi connectivity index (χ2v) is 6.35. The molecule has 1 amide bonds. The molecular formula is C18H28N2O. The first-order chi connectivity index (χ1) is 10.2. The van der Waals surface area contributed by atoms with Crippen molar-refractivity contribution in [3.05, 3.63) is 35.9 Å². The lowest BCUT2D eigenvalue weighted by Crippen LogP contribution is -2.44. The molecule has 3 heteroatoms. The number of rotatable bonds is 6. The smallest absolute Gasteiger partial charge is 0.227 e. The normalized spacial score (nSPS) is 19.0. The Labute approximate surface area is 128 Å². The molecule has 3 N–H and O–H groups in total. The third-order valence-electron chi connectivity index (χ3n) is 4.91. The van der Waals surface area contributed by atoms with E-state index in [2.05, 4.69) is 12.2 Å². The van der Waals surface area contributed by atoms with Gasteiger partial charge < -0.3 is 11.1 Å². The van der Waals surface area contributed by atoms with Crippen LogP contribution in [0.5, 0.6) is 0 Å². The van der Waals surface area contributed by atoms with Gasteiger partial charge in [0.05, 0.1) is 5.92 Å². The third kappa shape index (κ3) is 4.07. The summed E-state index contributed by atoms with van der Waals surface area (Å²) in [7, 11) is 0. The van der Waals surface area contributed by atoms with Gasteiger partial charge in [0.25, 0.3) is 0 Å². The molecule has 0 spiro atoms. The maximum atomic E-state index is 12.5. The highest BCUT2D eigenvalue weighted by atomic mass is 16.1. The van der Waals surface area contributed by atoms with Crippen LogP contribution in [-0.4, -0.2) is 19.0 Å². The van der Waals surface area contributed by atoms with E-state index in [0.29, 0.717) is 6.54 Å². The van der Waals surface area contributed by atoms with Gasteiger partial charge in [-0.1, -0.05) is 56.5 Å². The van der Waals surface area contributed by atoms with Crippen molar-refractivity contribution in [2.75, 3.05) is 13.1 Å². The molecule has 0 aliphatic heterocycles. The predicted octanol–water partition coefficient (Wildman–Crippen LogP) is 3.21. The average Bonchev–Trinajstić information content (AvgIpc) is 2.55. The van der Waals surface area contributed by atoms with Gasteiger partial charge in [0.15, 0.2) is 0 Å². The van der Waals surface area contributed by atoms with Gasteiger partial charge in [-0.05, 0) is 36.8 Å². The van der Waals surface area contributed by atoms with Crippen LogP contribution in [0, 0.1) is 5.41 Å². The van der Waals surface area contributed by atoms with Crippen LogP contribution in [0.15, 0.2) is 30.3 Å². The molecule has 21 heavy (non-hydrogen) atoms. The zero-order valence-corrected chi connectivity index (χ0v) is 13.1. The summed E-state index contributed by atoms with van der Waals surface area (Å²) >= 11 is 0. The van der Waals surface area contributed by atoms with Crippen LogP contribution in [-0.2, 0) is 4.79 Å². The predicted molar refractivity (Wildman–Crippen MR) is 87.1 cm³/mol. The van der Waals surface area contributed by atoms with Crippen LogP contribution in [0.1, 0.15) is 56.9 Å². The SMILES string of the molecule is CCC(C(=O)NCC1(CN)CCCCC1)c1ccccc1. The maximum absolute atomic E-state index is 12.5. The van der Waals surface area contributed by atoms with Gasteiger partial charge in [0.1, 0.15) is 0 Å². The van der Waals surface area contributed by atoms with Crippen molar-refractivity contribution in [2.24, 2.45) is 11.1 Å². The Kier molecular flexibility index (Phi) is 5.80. The van der Waals surface area contributed by atoms with E-state index < -0.39 is 0 Å². The monoisotopic (exact) mass is 288 g/mol. The number of amides is 1. The van der Waals surface area contributed by atoms with Crippen molar-refractivity contribution in [1.29, 1.82) is 0 Å². The van der Waals surface area contributed by atoms with Crippen LogP contribution in [0.2, 0.25) is 0 Å². The van der Waals surface area contributed by atoms with E-state index in [1.165, 1.54) is 19.3 Å². The van der Waals surface area contributed by atoms with E-state index >= 15 is 0 Å². The van der Waals surface area contributed by atoms with Gasteiger partial charge in [-0.15, -0.1) is 0 Å². The van der Waals surface area contributed by atoms with Crippen molar-refractivity contribution in [1.82, 2.24) is 5.32 Å². The van der Waals surface area contributed by atoms with Crippen LogP contribution in [0.25, 0.3) is 0 Å². The molecule has 0 aromatic heterocycles. The molecule has 1 aromatic carbocycles. The van der Waals surface area contributed by atoms with E-state index in [-0.39, 0.29) is 17.2 Å². The molecule has 0 saturated heterocycles. The van der Waals surface area contributed by atoms with Crippen LogP contribution in [0.4, 0.5) is 0 Å². The average molecular weight is 288 g/mol. The summed E-state index contributed by atoms with van der Waals surface area (Å²) in [6.07, 6.45) is 6.90. The maximum Gasteiger partial charge on any atom is 0.227 e. The van der Waals surface area contributed by atoms with Gasteiger partial charge in [-0.25, -0.2) is 0 Å². The van der Waals surface area contributed by atoms with Crippen molar-refractivity contribution < 1.29 is 4.79 Å². The largest absolute Gasteiger partial charge is 0.355 e. The first-order valence-corrected chi connectivity index (χ1v) is 8.23. The Morgan fingerprint density at radius 2 is 1.90 bits per heavy atom. The van der Waals surface area contributed by atoms with Gasteiger partial charge in [0, 0.05) is 6.54 Å². The minimum absolute atomic E-state index is 0.0513. The zero-order valence-electron chi connectivity index (χ0n) is 13.1. The molecule has 1 saturated carbocycles. The molecule has 1 fully saturated rings. The van der Waals surface area contributed by atoms with Gasteiger partial charge >= 0.3 is 0 Å². The molecule has 1 aliphatic carbocycles. The fourth-order valence-corrected chi connectivity index (χ4v) is 3.41. The minimum Gasteiger partial charge on any atom is -0.355 e. The molecule has 1 aliphatic rings. The summed E-state index contributed by atoms with van der Waals surface area (Å²) in [6, 6.07) is 10.0. The van der Waals surface area contributed by atoms with E-state index in [0.717, 1.165) is 31.4 Å². The molecular weight excluding hydrogens is 260 g/mol. The highest BCUT2D eigenvalue weighted by Gasteiger charge is 2.31. The first kappa shape index (κ1) is 16.0. The van der Waals surface area contributed by atoms with Gasteiger partial charge in [0.2, 0.25) is 5.91 Å². The third-order valence-corrected chi connectivity index (χ3v) is 4.91. The van der Waals surface area contributed by atoms with E-state index in [1.54, 1.807) is 0 Å². The second-order valence-electron chi connectivity index (χ2n) is 6.35. The van der Waals surface area contributed by atoms with Gasteiger partial charge in [-0.3, -0.25) is 4.79 Å². The van der Waals surface area contributed by atoms with Crippen molar-refractivity contribution in [3.8, 4) is 0 Å². The second kappa shape index (κ2) is 7.60. The number of nitrogens with one attached hydrogen (secondary N) is 1. The molecule has 1 atom stereocenters. The number of carbonyl (C=O) groups excluding carboxylic acids is 1. The molecule has 1 aromatic rings. The zero-order chi connectivity index (χ0) is 15.1. The van der Waals surface area contributed by atoms with E-state index in [1.807, 2.05) is 30.3 Å². The molecule has 0 heterocycles. The summed E-state index contributed by atoms with van der Waals surface area (Å²) < 4.78 is 0. The molecule has 0 radical (unpaired) electrons. The Morgan fingerprint density at radius 1 is 1.24 bits per heavy atom. The molecule has 2 rings (SSSR count). The lowest BCUT2D eigenvalue weighted by atomic mass is 9.74. The number of nitrogens with two attached hydrogens (primary N) is 1. The van der Waals surface area contributed by atoms with Gasteiger partial charge in [-0.2, -0.15) is 0 Å². The summed E-state index contributed by atoms with van der Waals surface area (Å²) in [4.78, 5) is 12.5. The number of hydrogen-bond donors (Lipinski definition) is 2. The Balaban J connectivity index is 1.96. The minimum atomic E-state index is -0.0513. The van der Waals surface area contributed by atoms with E-state index in [4.69, 9.17) is 5.73 Å². The lowest BCUT2D eigenvalue weighted by molar-refractivity contribution is -0.123.